The molecule has 0 atom stereocenters. The molecule has 20 heavy (non-hydrogen) atoms. The first kappa shape index (κ1) is 14.3. The fourth-order valence-electron chi connectivity index (χ4n) is 1.94. The molecular formula is C15H12ClFO3. The van der Waals surface area contributed by atoms with Crippen molar-refractivity contribution in [3.8, 4) is 11.5 Å². The van der Waals surface area contributed by atoms with E-state index in [9.17, 15) is 9.18 Å². The molecule has 2 rings (SSSR count). The highest BCUT2D eigenvalue weighted by Gasteiger charge is 2.18. The minimum absolute atomic E-state index is 0.223. The number of ether oxygens (including phenoxy) is 1. The highest BCUT2D eigenvalue weighted by Crippen LogP contribution is 2.34. The summed E-state index contributed by atoms with van der Waals surface area (Å²) in [5, 5.41) is 9.62. The van der Waals surface area contributed by atoms with Gasteiger partial charge in [-0.25, -0.2) is 9.18 Å². The van der Waals surface area contributed by atoms with Gasteiger partial charge in [0.25, 0.3) is 0 Å². The van der Waals surface area contributed by atoms with Gasteiger partial charge in [-0.05, 0) is 49.2 Å². The zero-order valence-corrected chi connectivity index (χ0v) is 11.7. The lowest BCUT2D eigenvalue weighted by molar-refractivity contribution is 0.0693. The Bertz CT molecular complexity index is 660. The number of rotatable bonds is 3. The van der Waals surface area contributed by atoms with Crippen molar-refractivity contribution >= 4 is 17.6 Å². The predicted molar refractivity (Wildman–Crippen MR) is 74.4 cm³/mol. The van der Waals surface area contributed by atoms with Crippen LogP contribution >= 0.6 is 11.6 Å². The molecule has 1 N–H and O–H groups in total. The van der Waals surface area contributed by atoms with Gasteiger partial charge in [0.2, 0.25) is 0 Å². The second kappa shape index (κ2) is 5.51. The van der Waals surface area contributed by atoms with Crippen LogP contribution in [0.25, 0.3) is 0 Å². The van der Waals surface area contributed by atoms with Gasteiger partial charge in [0.1, 0.15) is 11.3 Å². The van der Waals surface area contributed by atoms with Crippen LogP contribution in [-0.2, 0) is 0 Å². The average molecular weight is 295 g/mol. The maximum Gasteiger partial charge on any atom is 0.339 e. The predicted octanol–water partition coefficient (Wildman–Crippen LogP) is 4.59. The number of hydrogen-bond donors (Lipinski definition) is 1. The van der Waals surface area contributed by atoms with Crippen molar-refractivity contribution in [3.05, 3.63) is 57.9 Å². The zero-order valence-electron chi connectivity index (χ0n) is 10.9. The summed E-state index contributed by atoms with van der Waals surface area (Å²) in [5.41, 5.74) is 1.18. The first-order valence-corrected chi connectivity index (χ1v) is 6.24. The van der Waals surface area contributed by atoms with Crippen LogP contribution in [0.5, 0.6) is 11.5 Å². The average Bonchev–Trinajstić information content (AvgIpc) is 2.34. The van der Waals surface area contributed by atoms with E-state index in [-0.39, 0.29) is 11.3 Å². The second-order valence-corrected chi connectivity index (χ2v) is 4.83. The fraction of sp³-hybridized carbons (Fsp3) is 0.133. The number of aryl methyl sites for hydroxylation is 2. The van der Waals surface area contributed by atoms with E-state index < -0.39 is 11.8 Å². The Balaban J connectivity index is 2.53. The summed E-state index contributed by atoms with van der Waals surface area (Å²) in [4.78, 5) is 11.1. The maximum absolute atomic E-state index is 13.8. The van der Waals surface area contributed by atoms with Crippen LogP contribution in [0.1, 0.15) is 21.5 Å². The molecule has 5 heteroatoms. The normalized spacial score (nSPS) is 10.4. The molecule has 2 aromatic rings. The molecule has 0 aliphatic carbocycles. The van der Waals surface area contributed by atoms with Gasteiger partial charge < -0.3 is 9.84 Å². The van der Waals surface area contributed by atoms with Gasteiger partial charge in [0, 0.05) is 5.02 Å². The van der Waals surface area contributed by atoms with E-state index in [0.29, 0.717) is 21.9 Å². The van der Waals surface area contributed by atoms with E-state index in [4.69, 9.17) is 21.4 Å². The molecule has 2 aromatic carbocycles. The molecule has 0 spiro atoms. The molecule has 0 aliphatic heterocycles. The minimum atomic E-state index is -1.25. The van der Waals surface area contributed by atoms with E-state index in [1.54, 1.807) is 26.0 Å². The number of carboxylic acids is 1. The van der Waals surface area contributed by atoms with Gasteiger partial charge in [0.05, 0.1) is 0 Å². The third kappa shape index (κ3) is 2.75. The summed E-state index contributed by atoms with van der Waals surface area (Å²) >= 11 is 5.91. The number of aromatic carboxylic acids is 1. The quantitative estimate of drug-likeness (QED) is 0.901. The molecule has 0 amide bonds. The lowest BCUT2D eigenvalue weighted by atomic mass is 10.1. The van der Waals surface area contributed by atoms with Gasteiger partial charge in [-0.1, -0.05) is 17.7 Å². The summed E-state index contributed by atoms with van der Waals surface area (Å²) in [6.07, 6.45) is 0. The molecule has 0 saturated heterocycles. The third-order valence-electron chi connectivity index (χ3n) is 2.83. The SMILES string of the molecule is Cc1cc(Cl)cc(C)c1Oc1c(F)cccc1C(=O)O. The van der Waals surface area contributed by atoms with Gasteiger partial charge in [0.15, 0.2) is 11.6 Å². The molecule has 3 nitrogen and oxygen atoms in total. The summed E-state index contributed by atoms with van der Waals surface area (Å²) in [6.45, 7) is 3.52. The third-order valence-corrected chi connectivity index (χ3v) is 3.04. The topological polar surface area (TPSA) is 46.5 Å². The lowest BCUT2D eigenvalue weighted by Gasteiger charge is -2.14. The number of hydrogen-bond acceptors (Lipinski definition) is 2. The maximum atomic E-state index is 13.8. The first-order valence-electron chi connectivity index (χ1n) is 5.86. The number of para-hydroxylation sites is 1. The largest absolute Gasteiger partial charge is 0.478 e. The number of benzene rings is 2. The van der Waals surface area contributed by atoms with Crippen molar-refractivity contribution in [1.29, 1.82) is 0 Å². The Labute approximate surface area is 120 Å². The van der Waals surface area contributed by atoms with Crippen molar-refractivity contribution in [2.45, 2.75) is 13.8 Å². The molecule has 0 aromatic heterocycles. The monoisotopic (exact) mass is 294 g/mol. The van der Waals surface area contributed by atoms with Crippen LogP contribution in [0.15, 0.2) is 30.3 Å². The van der Waals surface area contributed by atoms with Gasteiger partial charge >= 0.3 is 5.97 Å². The van der Waals surface area contributed by atoms with E-state index >= 15 is 0 Å². The second-order valence-electron chi connectivity index (χ2n) is 4.39. The first-order chi connectivity index (χ1) is 9.40. The van der Waals surface area contributed by atoms with E-state index in [1.165, 1.54) is 12.1 Å². The number of carbonyl (C=O) groups is 1. The Kier molecular flexibility index (Phi) is 3.95. The lowest BCUT2D eigenvalue weighted by Crippen LogP contribution is -2.03. The highest BCUT2D eigenvalue weighted by atomic mass is 35.5. The van der Waals surface area contributed by atoms with Gasteiger partial charge in [-0.3, -0.25) is 0 Å². The van der Waals surface area contributed by atoms with E-state index in [0.717, 1.165) is 6.07 Å². The number of carboxylic acid groups (broad SMARTS) is 1. The Morgan fingerprint density at radius 1 is 1.20 bits per heavy atom. The Morgan fingerprint density at radius 3 is 2.35 bits per heavy atom. The van der Waals surface area contributed by atoms with Crippen LogP contribution in [-0.4, -0.2) is 11.1 Å². The molecule has 0 saturated carbocycles. The smallest absolute Gasteiger partial charge is 0.339 e. The van der Waals surface area contributed by atoms with Crippen LogP contribution in [0.4, 0.5) is 4.39 Å². The molecule has 0 heterocycles. The summed E-state index contributed by atoms with van der Waals surface area (Å²) in [6, 6.07) is 7.12. The van der Waals surface area contributed by atoms with Crippen LogP contribution in [0.3, 0.4) is 0 Å². The fourth-order valence-corrected chi connectivity index (χ4v) is 2.27. The van der Waals surface area contributed by atoms with Crippen molar-refractivity contribution in [1.82, 2.24) is 0 Å². The van der Waals surface area contributed by atoms with Crippen molar-refractivity contribution in [2.75, 3.05) is 0 Å². The van der Waals surface area contributed by atoms with E-state index in [2.05, 4.69) is 0 Å². The molecule has 0 bridgehead atoms. The highest BCUT2D eigenvalue weighted by molar-refractivity contribution is 6.30. The van der Waals surface area contributed by atoms with Crippen molar-refractivity contribution in [2.24, 2.45) is 0 Å². The summed E-state index contributed by atoms with van der Waals surface area (Å²) in [5.74, 6) is -1.86. The molecule has 104 valence electrons. The van der Waals surface area contributed by atoms with Crippen molar-refractivity contribution in [3.63, 3.8) is 0 Å². The van der Waals surface area contributed by atoms with Crippen molar-refractivity contribution < 1.29 is 19.0 Å². The van der Waals surface area contributed by atoms with E-state index in [1.807, 2.05) is 0 Å². The molecule has 0 unspecified atom stereocenters. The Morgan fingerprint density at radius 2 is 1.80 bits per heavy atom. The van der Waals surface area contributed by atoms with Gasteiger partial charge in [-0.15, -0.1) is 0 Å². The van der Waals surface area contributed by atoms with Crippen LogP contribution in [0.2, 0.25) is 5.02 Å². The summed E-state index contributed by atoms with van der Waals surface area (Å²) < 4.78 is 19.3. The Hall–Kier alpha value is -2.07. The summed E-state index contributed by atoms with van der Waals surface area (Å²) in [7, 11) is 0. The van der Waals surface area contributed by atoms with Crippen LogP contribution < -0.4 is 4.74 Å². The molecule has 0 aliphatic rings. The molecule has 0 fully saturated rings. The number of halogens is 2. The van der Waals surface area contributed by atoms with Gasteiger partial charge in [-0.2, -0.15) is 0 Å². The zero-order chi connectivity index (χ0) is 14.9. The molecular weight excluding hydrogens is 283 g/mol. The standard InChI is InChI=1S/C15H12ClFO3/c1-8-6-10(16)7-9(2)13(8)20-14-11(15(18)19)4-3-5-12(14)17/h3-7H,1-2H3,(H,18,19). The minimum Gasteiger partial charge on any atom is -0.478 e. The van der Waals surface area contributed by atoms with Crippen LogP contribution in [0, 0.1) is 19.7 Å². The molecule has 0 radical (unpaired) electrons.